The van der Waals surface area contributed by atoms with Crippen LogP contribution >= 0.6 is 11.6 Å². The predicted molar refractivity (Wildman–Crippen MR) is 129 cm³/mol. The van der Waals surface area contributed by atoms with Gasteiger partial charge in [-0.3, -0.25) is 14.4 Å². The second-order valence-electron chi connectivity index (χ2n) is 9.93. The summed E-state index contributed by atoms with van der Waals surface area (Å²) in [6.45, 7) is 2.18. The van der Waals surface area contributed by atoms with Gasteiger partial charge in [0.2, 0.25) is 17.7 Å². The highest BCUT2D eigenvalue weighted by atomic mass is 35.5. The van der Waals surface area contributed by atoms with Crippen LogP contribution < -0.4 is 16.0 Å². The number of piperidine rings is 3. The minimum Gasteiger partial charge on any atom is -0.374 e. The predicted octanol–water partition coefficient (Wildman–Crippen LogP) is 3.08. The molecule has 1 aromatic carbocycles. The van der Waals surface area contributed by atoms with E-state index in [0.717, 1.165) is 6.42 Å². The molecule has 6 atom stereocenters. The number of rotatable bonds is 7. The summed E-state index contributed by atoms with van der Waals surface area (Å²) in [7, 11) is 0. The van der Waals surface area contributed by atoms with Crippen LogP contribution in [0.4, 0.5) is 14.5 Å². The molecule has 1 saturated carbocycles. The van der Waals surface area contributed by atoms with E-state index in [2.05, 4.69) is 16.0 Å². The lowest BCUT2D eigenvalue weighted by Crippen LogP contribution is -2.70. The number of benzene rings is 1. The van der Waals surface area contributed by atoms with Gasteiger partial charge in [-0.05, 0) is 57.2 Å². The zero-order valence-electron chi connectivity index (χ0n) is 20.0. The first-order valence-corrected chi connectivity index (χ1v) is 12.7. The summed E-state index contributed by atoms with van der Waals surface area (Å²) in [5.74, 6) is -6.32. The third-order valence-corrected chi connectivity index (χ3v) is 7.66. The molecule has 3 heterocycles. The van der Waals surface area contributed by atoms with Gasteiger partial charge in [-0.2, -0.15) is 5.26 Å². The molecule has 4 fully saturated rings. The largest absolute Gasteiger partial charge is 0.374 e. The van der Waals surface area contributed by atoms with E-state index < -0.39 is 60.2 Å². The van der Waals surface area contributed by atoms with Crippen molar-refractivity contribution in [2.75, 3.05) is 11.9 Å². The molecular weight excluding hydrogens is 492 g/mol. The van der Waals surface area contributed by atoms with E-state index in [1.807, 2.05) is 6.07 Å². The molecular formula is C25H30ClF2N5O3. The zero-order valence-corrected chi connectivity index (χ0v) is 20.7. The van der Waals surface area contributed by atoms with Gasteiger partial charge in [0.1, 0.15) is 18.1 Å². The molecule has 0 radical (unpaired) electrons. The van der Waals surface area contributed by atoms with Crippen molar-refractivity contribution >= 4 is 35.0 Å². The van der Waals surface area contributed by atoms with Gasteiger partial charge < -0.3 is 20.9 Å². The second kappa shape index (κ2) is 10.6. The van der Waals surface area contributed by atoms with Crippen molar-refractivity contribution in [1.29, 1.82) is 5.26 Å². The Morgan fingerprint density at radius 3 is 2.78 bits per heavy atom. The van der Waals surface area contributed by atoms with Crippen molar-refractivity contribution in [2.24, 2.45) is 11.8 Å². The second-order valence-corrected chi connectivity index (χ2v) is 10.4. The number of nitrogens with zero attached hydrogens (tertiary/aromatic N) is 2. The number of nitrogens with one attached hydrogen (secondary N) is 3. The van der Waals surface area contributed by atoms with Crippen LogP contribution in [0, 0.1) is 23.2 Å². The molecule has 2 bridgehead atoms. The normalized spacial score (nSPS) is 28.4. The van der Waals surface area contributed by atoms with Crippen molar-refractivity contribution in [3.8, 4) is 6.07 Å². The van der Waals surface area contributed by atoms with Gasteiger partial charge in [-0.15, -0.1) is 0 Å². The number of carbonyl (C=O) groups excluding carboxylic acids is 3. The van der Waals surface area contributed by atoms with Crippen molar-refractivity contribution in [3.05, 3.63) is 29.3 Å². The fraction of sp³-hybridized carbons (Fsp3) is 0.600. The Kier molecular flexibility index (Phi) is 7.69. The van der Waals surface area contributed by atoms with Crippen LogP contribution in [0.5, 0.6) is 0 Å². The summed E-state index contributed by atoms with van der Waals surface area (Å²) in [4.78, 5) is 40.3. The van der Waals surface area contributed by atoms with E-state index in [4.69, 9.17) is 11.6 Å². The highest BCUT2D eigenvalue weighted by Gasteiger charge is 2.60. The van der Waals surface area contributed by atoms with Gasteiger partial charge in [0.25, 0.3) is 5.92 Å². The van der Waals surface area contributed by atoms with Crippen molar-refractivity contribution in [1.82, 2.24) is 15.5 Å². The Morgan fingerprint density at radius 1 is 1.33 bits per heavy atom. The summed E-state index contributed by atoms with van der Waals surface area (Å²) in [5, 5.41) is 18.4. The number of hydrogen-bond acceptors (Lipinski definition) is 5. The average Bonchev–Trinajstić information content (AvgIpc) is 2.83. The number of halogens is 3. The first-order valence-electron chi connectivity index (χ1n) is 12.3. The molecule has 3 saturated heterocycles. The van der Waals surface area contributed by atoms with Gasteiger partial charge in [-0.1, -0.05) is 17.7 Å². The van der Waals surface area contributed by atoms with Crippen LogP contribution in [-0.2, 0) is 14.4 Å². The van der Waals surface area contributed by atoms with Crippen molar-refractivity contribution in [2.45, 2.75) is 75.5 Å². The standard InChI is InChI=1S/C25H30ClF2N5O3/c1-14(31-17-6-2-5-16(26)11-17)24(36)33-19-7-8-20(25(27,28)12-19)21(33)23(35)32-18(13-29)10-15-4-3-9-30-22(15)34/h2,5-6,11,14-15,18-21,31H,3-4,7-10,12H2,1H3,(H,30,34)(H,32,35)/t14-,15+,18+,19+,20+,21-/m0/s1. The monoisotopic (exact) mass is 521 g/mol. The maximum atomic E-state index is 14.9. The third-order valence-electron chi connectivity index (χ3n) is 7.43. The van der Waals surface area contributed by atoms with Gasteiger partial charge in [0.15, 0.2) is 0 Å². The molecule has 1 aliphatic carbocycles. The number of nitriles is 1. The minimum absolute atomic E-state index is 0.0892. The van der Waals surface area contributed by atoms with Gasteiger partial charge >= 0.3 is 0 Å². The smallest absolute Gasteiger partial charge is 0.255 e. The number of hydrogen-bond donors (Lipinski definition) is 3. The molecule has 0 spiro atoms. The summed E-state index contributed by atoms with van der Waals surface area (Å²) >= 11 is 6.02. The minimum atomic E-state index is -3.10. The van der Waals surface area contributed by atoms with Crippen molar-refractivity contribution < 1.29 is 23.2 Å². The van der Waals surface area contributed by atoms with E-state index in [9.17, 15) is 28.4 Å². The molecule has 4 aliphatic rings. The molecule has 3 aliphatic heterocycles. The lowest BCUT2D eigenvalue weighted by atomic mass is 9.71. The number of alkyl halides is 2. The molecule has 3 amide bonds. The number of fused-ring (bicyclic) bond motifs is 3. The molecule has 1 aromatic rings. The summed E-state index contributed by atoms with van der Waals surface area (Å²) in [6.07, 6.45) is 1.43. The summed E-state index contributed by atoms with van der Waals surface area (Å²) < 4.78 is 29.8. The molecule has 8 nitrogen and oxygen atoms in total. The van der Waals surface area contributed by atoms with Crippen molar-refractivity contribution in [3.63, 3.8) is 0 Å². The van der Waals surface area contributed by atoms with E-state index in [-0.39, 0.29) is 18.7 Å². The van der Waals surface area contributed by atoms with Gasteiger partial charge in [0, 0.05) is 35.6 Å². The van der Waals surface area contributed by atoms with Crippen LogP contribution in [0.25, 0.3) is 0 Å². The zero-order chi connectivity index (χ0) is 26.0. The Bertz CT molecular complexity index is 1060. The van der Waals surface area contributed by atoms with Crippen LogP contribution in [0.1, 0.15) is 45.4 Å². The Balaban J connectivity index is 1.52. The first kappa shape index (κ1) is 26.1. The Morgan fingerprint density at radius 2 is 2.11 bits per heavy atom. The summed E-state index contributed by atoms with van der Waals surface area (Å²) in [6, 6.07) is 4.74. The van der Waals surface area contributed by atoms with Crippen LogP contribution in [-0.4, -0.2) is 59.3 Å². The van der Waals surface area contributed by atoms with Gasteiger partial charge in [0.05, 0.1) is 12.0 Å². The van der Waals surface area contributed by atoms with E-state index in [1.54, 1.807) is 31.2 Å². The first-order chi connectivity index (χ1) is 17.1. The topological polar surface area (TPSA) is 114 Å². The number of anilines is 1. The van der Waals surface area contributed by atoms with Crippen LogP contribution in [0.15, 0.2) is 24.3 Å². The number of amides is 3. The van der Waals surface area contributed by atoms with Gasteiger partial charge in [-0.25, -0.2) is 8.78 Å². The highest BCUT2D eigenvalue weighted by Crippen LogP contribution is 2.49. The highest BCUT2D eigenvalue weighted by molar-refractivity contribution is 6.30. The maximum Gasteiger partial charge on any atom is 0.255 e. The summed E-state index contributed by atoms with van der Waals surface area (Å²) in [5.41, 5.74) is 0.590. The molecule has 194 valence electrons. The Hall–Kier alpha value is -2.93. The number of carbonyl (C=O) groups is 3. The van der Waals surface area contributed by atoms with E-state index in [1.165, 1.54) is 4.90 Å². The third kappa shape index (κ3) is 5.41. The lowest BCUT2D eigenvalue weighted by Gasteiger charge is -2.54. The average molecular weight is 522 g/mol. The maximum absolute atomic E-state index is 14.9. The van der Waals surface area contributed by atoms with E-state index in [0.29, 0.717) is 30.1 Å². The molecule has 0 aromatic heterocycles. The Labute approximate surface area is 213 Å². The fourth-order valence-electron chi connectivity index (χ4n) is 5.68. The quantitative estimate of drug-likeness (QED) is 0.510. The SMILES string of the molecule is C[C@H](Nc1cccc(Cl)c1)C(=O)N1[C@@H]2CC[C@H]([C@H]1C(=O)N[C@@H](C#N)C[C@H]1CCCNC1=O)C(F)(F)C2. The fourth-order valence-corrected chi connectivity index (χ4v) is 5.87. The molecule has 5 rings (SSSR count). The molecule has 11 heteroatoms. The molecule has 0 unspecified atom stereocenters. The molecule has 36 heavy (non-hydrogen) atoms. The lowest BCUT2D eigenvalue weighted by molar-refractivity contribution is -0.194. The van der Waals surface area contributed by atoms with Crippen LogP contribution in [0.3, 0.4) is 0 Å². The molecule has 3 N–H and O–H groups in total. The van der Waals surface area contributed by atoms with Crippen LogP contribution in [0.2, 0.25) is 5.02 Å². The van der Waals surface area contributed by atoms with E-state index >= 15 is 0 Å².